The van der Waals surface area contributed by atoms with Crippen molar-refractivity contribution >= 4 is 0 Å². The fourth-order valence-electron chi connectivity index (χ4n) is 1.26. The molecule has 0 aliphatic heterocycles. The molecule has 1 aliphatic carbocycles. The molecule has 1 heterocycles. The van der Waals surface area contributed by atoms with Gasteiger partial charge in [-0.2, -0.15) is 0 Å². The van der Waals surface area contributed by atoms with E-state index in [9.17, 15) is 0 Å². The van der Waals surface area contributed by atoms with Crippen LogP contribution in [0.3, 0.4) is 0 Å². The lowest BCUT2D eigenvalue weighted by Gasteiger charge is -1.98. The quantitative estimate of drug-likeness (QED) is 0.740. The lowest BCUT2D eigenvalue weighted by atomic mass is 10.3. The van der Waals surface area contributed by atoms with Gasteiger partial charge < -0.3 is 9.73 Å². The van der Waals surface area contributed by atoms with Crippen molar-refractivity contribution in [2.75, 3.05) is 0 Å². The van der Waals surface area contributed by atoms with E-state index in [0.717, 1.165) is 29.9 Å². The van der Waals surface area contributed by atoms with E-state index in [-0.39, 0.29) is 0 Å². The van der Waals surface area contributed by atoms with E-state index in [4.69, 9.17) is 4.42 Å². The van der Waals surface area contributed by atoms with Crippen LogP contribution in [0, 0.1) is 13.8 Å². The van der Waals surface area contributed by atoms with E-state index in [0.29, 0.717) is 0 Å². The van der Waals surface area contributed by atoms with Crippen molar-refractivity contribution in [3.8, 4) is 0 Å². The molecule has 0 aromatic carbocycles. The number of oxazole rings is 1. The lowest BCUT2D eigenvalue weighted by Crippen LogP contribution is -2.15. The molecule has 0 spiro atoms. The summed E-state index contributed by atoms with van der Waals surface area (Å²) in [6.07, 6.45) is 2.62. The minimum absolute atomic E-state index is 0.731. The van der Waals surface area contributed by atoms with Gasteiger partial charge in [-0.05, 0) is 19.8 Å². The average molecular weight is 166 g/mol. The summed E-state index contributed by atoms with van der Waals surface area (Å²) in [6, 6.07) is 0.731. The summed E-state index contributed by atoms with van der Waals surface area (Å²) in [4.78, 5) is 4.20. The van der Waals surface area contributed by atoms with Gasteiger partial charge in [-0.3, -0.25) is 0 Å². The van der Waals surface area contributed by atoms with Crippen LogP contribution in [-0.4, -0.2) is 11.0 Å². The zero-order chi connectivity index (χ0) is 8.55. The predicted molar refractivity (Wildman–Crippen MR) is 45.8 cm³/mol. The normalized spacial score (nSPS) is 16.8. The smallest absolute Gasteiger partial charge is 0.191 e. The number of hydrogen-bond acceptors (Lipinski definition) is 3. The van der Waals surface area contributed by atoms with E-state index in [1.807, 2.05) is 13.8 Å². The second-order valence-electron chi connectivity index (χ2n) is 3.40. The fourth-order valence-corrected chi connectivity index (χ4v) is 1.26. The fraction of sp³-hybridized carbons (Fsp3) is 0.667. The summed E-state index contributed by atoms with van der Waals surface area (Å²) in [5.41, 5.74) is 1.01. The molecule has 1 saturated carbocycles. The van der Waals surface area contributed by atoms with E-state index in [2.05, 4.69) is 10.3 Å². The van der Waals surface area contributed by atoms with Gasteiger partial charge >= 0.3 is 0 Å². The van der Waals surface area contributed by atoms with Crippen LogP contribution in [0.2, 0.25) is 0 Å². The molecule has 0 bridgehead atoms. The first kappa shape index (κ1) is 7.80. The SMILES string of the molecule is Cc1nc(C)c(CNC2CC2)o1. The number of rotatable bonds is 3. The average Bonchev–Trinajstić information content (AvgIpc) is 2.76. The number of hydrogen-bond donors (Lipinski definition) is 1. The highest BCUT2D eigenvalue weighted by Crippen LogP contribution is 2.20. The Balaban J connectivity index is 1.96. The monoisotopic (exact) mass is 166 g/mol. The Morgan fingerprint density at radius 2 is 2.25 bits per heavy atom. The van der Waals surface area contributed by atoms with Gasteiger partial charge in [0.2, 0.25) is 0 Å². The molecule has 1 aliphatic rings. The summed E-state index contributed by atoms with van der Waals surface area (Å²) >= 11 is 0. The van der Waals surface area contributed by atoms with Crippen LogP contribution < -0.4 is 5.32 Å². The Kier molecular flexibility index (Phi) is 1.89. The van der Waals surface area contributed by atoms with Gasteiger partial charge in [0.05, 0.1) is 12.2 Å². The van der Waals surface area contributed by atoms with Crippen molar-refractivity contribution < 1.29 is 4.42 Å². The zero-order valence-corrected chi connectivity index (χ0v) is 7.55. The van der Waals surface area contributed by atoms with Crippen LogP contribution in [0.25, 0.3) is 0 Å². The van der Waals surface area contributed by atoms with Crippen molar-refractivity contribution in [2.24, 2.45) is 0 Å². The van der Waals surface area contributed by atoms with Crippen LogP contribution in [0.5, 0.6) is 0 Å². The largest absolute Gasteiger partial charge is 0.444 e. The van der Waals surface area contributed by atoms with Crippen molar-refractivity contribution in [1.29, 1.82) is 0 Å². The summed E-state index contributed by atoms with van der Waals surface area (Å²) in [5, 5.41) is 3.39. The maximum atomic E-state index is 5.42. The van der Waals surface area contributed by atoms with Gasteiger partial charge in [0.1, 0.15) is 5.76 Å². The third kappa shape index (κ3) is 1.67. The van der Waals surface area contributed by atoms with E-state index in [1.165, 1.54) is 12.8 Å². The maximum Gasteiger partial charge on any atom is 0.191 e. The molecule has 1 aromatic rings. The topological polar surface area (TPSA) is 38.1 Å². The lowest BCUT2D eigenvalue weighted by molar-refractivity contribution is 0.453. The third-order valence-corrected chi connectivity index (χ3v) is 2.13. The molecule has 12 heavy (non-hydrogen) atoms. The maximum absolute atomic E-state index is 5.42. The minimum atomic E-state index is 0.731. The van der Waals surface area contributed by atoms with Crippen molar-refractivity contribution in [3.63, 3.8) is 0 Å². The number of nitrogens with one attached hydrogen (secondary N) is 1. The van der Waals surface area contributed by atoms with Gasteiger partial charge in [0.15, 0.2) is 5.89 Å². The Morgan fingerprint density at radius 1 is 1.50 bits per heavy atom. The van der Waals surface area contributed by atoms with Crippen LogP contribution in [0.15, 0.2) is 4.42 Å². The van der Waals surface area contributed by atoms with Crippen LogP contribution >= 0.6 is 0 Å². The molecule has 2 rings (SSSR count). The van der Waals surface area contributed by atoms with Crippen molar-refractivity contribution in [2.45, 2.75) is 39.3 Å². The van der Waals surface area contributed by atoms with Crippen LogP contribution in [0.4, 0.5) is 0 Å². The number of aryl methyl sites for hydroxylation is 2. The molecule has 0 unspecified atom stereocenters. The Morgan fingerprint density at radius 3 is 2.75 bits per heavy atom. The molecule has 0 radical (unpaired) electrons. The predicted octanol–water partition coefficient (Wildman–Crippen LogP) is 1.54. The summed E-state index contributed by atoms with van der Waals surface area (Å²) in [5.74, 6) is 1.75. The highest BCUT2D eigenvalue weighted by atomic mass is 16.4. The molecule has 1 aromatic heterocycles. The van der Waals surface area contributed by atoms with E-state index < -0.39 is 0 Å². The molecule has 0 saturated heterocycles. The van der Waals surface area contributed by atoms with Gasteiger partial charge in [0, 0.05) is 13.0 Å². The molecule has 1 fully saturated rings. The molecule has 0 amide bonds. The van der Waals surface area contributed by atoms with Crippen LogP contribution in [0.1, 0.15) is 30.2 Å². The van der Waals surface area contributed by atoms with Crippen molar-refractivity contribution in [1.82, 2.24) is 10.3 Å². The first-order valence-electron chi connectivity index (χ1n) is 4.42. The molecule has 66 valence electrons. The summed E-state index contributed by atoms with van der Waals surface area (Å²) in [7, 11) is 0. The van der Waals surface area contributed by atoms with Crippen LogP contribution in [-0.2, 0) is 6.54 Å². The second-order valence-corrected chi connectivity index (χ2v) is 3.40. The first-order chi connectivity index (χ1) is 5.75. The van der Waals surface area contributed by atoms with Gasteiger partial charge in [-0.15, -0.1) is 0 Å². The third-order valence-electron chi connectivity index (χ3n) is 2.13. The first-order valence-corrected chi connectivity index (χ1v) is 4.42. The number of nitrogens with zero attached hydrogens (tertiary/aromatic N) is 1. The highest BCUT2D eigenvalue weighted by Gasteiger charge is 2.21. The van der Waals surface area contributed by atoms with Gasteiger partial charge in [0.25, 0.3) is 0 Å². The standard InChI is InChI=1S/C9H14N2O/c1-6-9(12-7(2)11-6)5-10-8-3-4-8/h8,10H,3-5H2,1-2H3. The Labute approximate surface area is 72.2 Å². The number of aromatic nitrogens is 1. The molecule has 0 atom stereocenters. The minimum Gasteiger partial charge on any atom is -0.444 e. The molecular weight excluding hydrogens is 152 g/mol. The molecular formula is C9H14N2O. The zero-order valence-electron chi connectivity index (χ0n) is 7.55. The molecule has 3 nitrogen and oxygen atoms in total. The highest BCUT2D eigenvalue weighted by molar-refractivity contribution is 5.07. The van der Waals surface area contributed by atoms with E-state index in [1.54, 1.807) is 0 Å². The summed E-state index contributed by atoms with van der Waals surface area (Å²) < 4.78 is 5.42. The summed E-state index contributed by atoms with van der Waals surface area (Å²) in [6.45, 7) is 4.70. The van der Waals surface area contributed by atoms with Gasteiger partial charge in [-0.1, -0.05) is 0 Å². The van der Waals surface area contributed by atoms with Crippen molar-refractivity contribution in [3.05, 3.63) is 17.3 Å². The van der Waals surface area contributed by atoms with E-state index >= 15 is 0 Å². The van der Waals surface area contributed by atoms with Gasteiger partial charge in [-0.25, -0.2) is 4.98 Å². The Bertz CT molecular complexity index is 276. The Hall–Kier alpha value is -0.830. The second kappa shape index (κ2) is 2.90. The molecule has 3 heteroatoms. The molecule has 1 N–H and O–H groups in total.